The van der Waals surface area contributed by atoms with Gasteiger partial charge in [-0.25, -0.2) is 4.98 Å². The highest BCUT2D eigenvalue weighted by Gasteiger charge is 2.24. The van der Waals surface area contributed by atoms with Crippen molar-refractivity contribution < 1.29 is 4.74 Å². The summed E-state index contributed by atoms with van der Waals surface area (Å²) in [6.45, 7) is 0.437. The fourth-order valence-electron chi connectivity index (χ4n) is 1.07. The smallest absolute Gasteiger partial charge is 0.132 e. The summed E-state index contributed by atoms with van der Waals surface area (Å²) in [4.78, 5) is 3.94. The highest BCUT2D eigenvalue weighted by molar-refractivity contribution is 6.29. The number of rotatable bonds is 3. The van der Waals surface area contributed by atoms with Gasteiger partial charge in [0.15, 0.2) is 0 Å². The Balaban J connectivity index is 2.22. The van der Waals surface area contributed by atoms with E-state index in [0.717, 1.165) is 24.2 Å². The molecule has 2 N–H and O–H groups in total. The van der Waals surface area contributed by atoms with Crippen molar-refractivity contribution in [2.75, 3.05) is 0 Å². The summed E-state index contributed by atoms with van der Waals surface area (Å²) in [5.41, 5.74) is 6.45. The molecular weight excluding hydrogens is 188 g/mol. The summed E-state index contributed by atoms with van der Waals surface area (Å²) in [6, 6.07) is 1.72. The molecule has 1 heterocycles. The Kier molecular flexibility index (Phi) is 2.38. The fraction of sp³-hybridized carbons (Fsp3) is 0.444. The molecular formula is C9H11ClN2O. The molecule has 0 saturated heterocycles. The monoisotopic (exact) mass is 198 g/mol. The van der Waals surface area contributed by atoms with E-state index >= 15 is 0 Å². The molecule has 13 heavy (non-hydrogen) atoms. The van der Waals surface area contributed by atoms with Crippen LogP contribution in [0.5, 0.6) is 5.75 Å². The van der Waals surface area contributed by atoms with E-state index < -0.39 is 0 Å². The molecule has 0 radical (unpaired) electrons. The van der Waals surface area contributed by atoms with Crippen LogP contribution >= 0.6 is 11.6 Å². The van der Waals surface area contributed by atoms with E-state index in [1.807, 2.05) is 0 Å². The van der Waals surface area contributed by atoms with Gasteiger partial charge < -0.3 is 10.5 Å². The largest absolute Gasteiger partial charge is 0.490 e. The Morgan fingerprint density at radius 1 is 1.62 bits per heavy atom. The molecule has 0 spiro atoms. The van der Waals surface area contributed by atoms with E-state index in [-0.39, 0.29) is 0 Å². The number of aromatic nitrogens is 1. The summed E-state index contributed by atoms with van der Waals surface area (Å²) < 4.78 is 5.62. The molecule has 1 aliphatic carbocycles. The molecule has 1 aromatic rings. The van der Waals surface area contributed by atoms with Crippen LogP contribution in [0, 0.1) is 0 Å². The molecule has 0 aromatic carbocycles. The Bertz CT molecular complexity index is 312. The van der Waals surface area contributed by atoms with E-state index in [1.54, 1.807) is 12.3 Å². The van der Waals surface area contributed by atoms with Crippen LogP contribution in [-0.4, -0.2) is 11.1 Å². The molecule has 4 heteroatoms. The van der Waals surface area contributed by atoms with Crippen LogP contribution in [-0.2, 0) is 6.54 Å². The second-order valence-corrected chi connectivity index (χ2v) is 3.52. The maximum Gasteiger partial charge on any atom is 0.132 e. The number of hydrogen-bond acceptors (Lipinski definition) is 3. The number of nitrogens with zero attached hydrogens (tertiary/aromatic N) is 1. The van der Waals surface area contributed by atoms with Crippen LogP contribution in [0.4, 0.5) is 0 Å². The first-order valence-corrected chi connectivity index (χ1v) is 4.68. The van der Waals surface area contributed by atoms with Crippen LogP contribution in [0.2, 0.25) is 5.15 Å². The van der Waals surface area contributed by atoms with Crippen LogP contribution in [0.3, 0.4) is 0 Å². The molecule has 1 aromatic heterocycles. The second-order valence-electron chi connectivity index (χ2n) is 3.14. The molecule has 0 amide bonds. The SMILES string of the molecule is NCc1cnc(Cl)cc1OC1CC1. The molecule has 0 aliphatic heterocycles. The average Bonchev–Trinajstić information content (AvgIpc) is 2.89. The molecule has 0 bridgehead atoms. The topological polar surface area (TPSA) is 48.1 Å². The summed E-state index contributed by atoms with van der Waals surface area (Å²) in [5, 5.41) is 0.452. The van der Waals surface area contributed by atoms with Gasteiger partial charge in [0.1, 0.15) is 10.9 Å². The zero-order valence-electron chi connectivity index (χ0n) is 7.16. The van der Waals surface area contributed by atoms with Gasteiger partial charge >= 0.3 is 0 Å². The van der Waals surface area contributed by atoms with Gasteiger partial charge in [-0.1, -0.05) is 11.6 Å². The lowest BCUT2D eigenvalue weighted by molar-refractivity contribution is 0.299. The van der Waals surface area contributed by atoms with Crippen molar-refractivity contribution >= 4 is 11.6 Å². The van der Waals surface area contributed by atoms with Gasteiger partial charge in [-0.2, -0.15) is 0 Å². The zero-order valence-corrected chi connectivity index (χ0v) is 7.92. The number of hydrogen-bond donors (Lipinski definition) is 1. The van der Waals surface area contributed by atoms with Crippen molar-refractivity contribution in [1.29, 1.82) is 0 Å². The molecule has 1 aliphatic rings. The first-order valence-electron chi connectivity index (χ1n) is 4.30. The third-order valence-corrected chi connectivity index (χ3v) is 2.16. The van der Waals surface area contributed by atoms with Gasteiger partial charge in [0.2, 0.25) is 0 Å². The average molecular weight is 199 g/mol. The minimum atomic E-state index is 0.365. The minimum absolute atomic E-state index is 0.365. The minimum Gasteiger partial charge on any atom is -0.490 e. The molecule has 70 valence electrons. The molecule has 2 rings (SSSR count). The summed E-state index contributed by atoms with van der Waals surface area (Å²) in [5.74, 6) is 0.782. The van der Waals surface area contributed by atoms with Crippen molar-refractivity contribution in [2.45, 2.75) is 25.5 Å². The first-order chi connectivity index (χ1) is 6.29. The van der Waals surface area contributed by atoms with Gasteiger partial charge in [0.25, 0.3) is 0 Å². The van der Waals surface area contributed by atoms with E-state index in [4.69, 9.17) is 22.1 Å². The van der Waals surface area contributed by atoms with Gasteiger partial charge in [-0.05, 0) is 12.8 Å². The molecule has 1 fully saturated rings. The summed E-state index contributed by atoms with van der Waals surface area (Å²) >= 11 is 5.75. The number of halogens is 1. The van der Waals surface area contributed by atoms with Crippen molar-refractivity contribution in [1.82, 2.24) is 4.98 Å². The van der Waals surface area contributed by atoms with Gasteiger partial charge in [-0.15, -0.1) is 0 Å². The quantitative estimate of drug-likeness (QED) is 0.753. The standard InChI is InChI=1S/C9H11ClN2O/c10-9-3-8(13-7-1-2-7)6(4-11)5-12-9/h3,5,7H,1-2,4,11H2. The normalized spacial score (nSPS) is 15.8. The highest BCUT2D eigenvalue weighted by atomic mass is 35.5. The highest BCUT2D eigenvalue weighted by Crippen LogP contribution is 2.29. The van der Waals surface area contributed by atoms with E-state index in [1.165, 1.54) is 0 Å². The van der Waals surface area contributed by atoms with Gasteiger partial charge in [-0.3, -0.25) is 0 Å². The molecule has 3 nitrogen and oxygen atoms in total. The molecule has 0 atom stereocenters. The number of ether oxygens (including phenoxy) is 1. The number of nitrogens with two attached hydrogens (primary N) is 1. The van der Waals surface area contributed by atoms with Gasteiger partial charge in [0, 0.05) is 24.4 Å². The van der Waals surface area contributed by atoms with Crippen molar-refractivity contribution in [3.05, 3.63) is 23.0 Å². The predicted molar refractivity (Wildman–Crippen MR) is 50.8 cm³/mol. The van der Waals surface area contributed by atoms with Gasteiger partial charge in [0.05, 0.1) is 6.10 Å². The van der Waals surface area contributed by atoms with Crippen LogP contribution in [0.15, 0.2) is 12.3 Å². The Morgan fingerprint density at radius 2 is 2.38 bits per heavy atom. The third kappa shape index (κ3) is 2.11. The fourth-order valence-corrected chi connectivity index (χ4v) is 1.22. The van der Waals surface area contributed by atoms with E-state index in [9.17, 15) is 0 Å². The molecule has 1 saturated carbocycles. The zero-order chi connectivity index (χ0) is 9.26. The maximum atomic E-state index is 5.75. The summed E-state index contributed by atoms with van der Waals surface area (Å²) in [7, 11) is 0. The Hall–Kier alpha value is -0.800. The van der Waals surface area contributed by atoms with Crippen LogP contribution < -0.4 is 10.5 Å². The number of pyridine rings is 1. The van der Waals surface area contributed by atoms with E-state index in [0.29, 0.717) is 17.8 Å². The van der Waals surface area contributed by atoms with Crippen molar-refractivity contribution in [2.24, 2.45) is 5.73 Å². The second kappa shape index (κ2) is 3.52. The van der Waals surface area contributed by atoms with Crippen molar-refractivity contribution in [3.63, 3.8) is 0 Å². The maximum absolute atomic E-state index is 5.75. The Morgan fingerprint density at radius 3 is 3.00 bits per heavy atom. The third-order valence-electron chi connectivity index (χ3n) is 1.95. The van der Waals surface area contributed by atoms with Crippen molar-refractivity contribution in [3.8, 4) is 5.75 Å². The Labute approximate surface area is 81.9 Å². The van der Waals surface area contributed by atoms with Crippen LogP contribution in [0.25, 0.3) is 0 Å². The summed E-state index contributed by atoms with van der Waals surface area (Å²) in [6.07, 6.45) is 4.29. The lowest BCUT2D eigenvalue weighted by Crippen LogP contribution is -2.04. The van der Waals surface area contributed by atoms with Crippen LogP contribution in [0.1, 0.15) is 18.4 Å². The lowest BCUT2D eigenvalue weighted by Gasteiger charge is -2.08. The first kappa shape index (κ1) is 8.78. The van der Waals surface area contributed by atoms with E-state index in [2.05, 4.69) is 4.98 Å². The lowest BCUT2D eigenvalue weighted by atomic mass is 10.2. The predicted octanol–water partition coefficient (Wildman–Crippen LogP) is 1.73. The molecule has 0 unspecified atom stereocenters.